The summed E-state index contributed by atoms with van der Waals surface area (Å²) in [4.78, 5) is 14.4. The number of hydrogen-bond donors (Lipinski definition) is 0. The molecule has 0 radical (unpaired) electrons. The number of rotatable bonds is 3. The Morgan fingerprint density at radius 1 is 1.39 bits per heavy atom. The molecule has 5 heteroatoms. The summed E-state index contributed by atoms with van der Waals surface area (Å²) in [6, 6.07) is 0. The Kier molecular flexibility index (Phi) is 3.67. The lowest BCUT2D eigenvalue weighted by Crippen LogP contribution is -2.61. The van der Waals surface area contributed by atoms with Crippen molar-refractivity contribution in [3.8, 4) is 0 Å². The fraction of sp³-hybridized carbons (Fsp3) is 0.923. The van der Waals surface area contributed by atoms with Crippen molar-refractivity contribution < 1.29 is 19.0 Å². The van der Waals surface area contributed by atoms with E-state index in [9.17, 15) is 4.79 Å². The summed E-state index contributed by atoms with van der Waals surface area (Å²) in [5.41, 5.74) is -0.664. The molecule has 0 aromatic carbocycles. The van der Waals surface area contributed by atoms with Gasteiger partial charge in [-0.2, -0.15) is 0 Å². The van der Waals surface area contributed by atoms with Crippen molar-refractivity contribution in [1.82, 2.24) is 4.90 Å². The van der Waals surface area contributed by atoms with E-state index in [1.165, 1.54) is 0 Å². The first-order chi connectivity index (χ1) is 8.36. The van der Waals surface area contributed by atoms with Crippen LogP contribution in [0.3, 0.4) is 0 Å². The molecule has 2 aliphatic rings. The molecule has 18 heavy (non-hydrogen) atoms. The third kappa shape index (κ3) is 2.68. The van der Waals surface area contributed by atoms with Crippen LogP contribution in [0.25, 0.3) is 0 Å². The van der Waals surface area contributed by atoms with E-state index >= 15 is 0 Å². The zero-order valence-corrected chi connectivity index (χ0v) is 11.7. The molecule has 104 valence electrons. The Balaban J connectivity index is 2.05. The molecule has 2 aliphatic heterocycles. The number of amides is 1. The van der Waals surface area contributed by atoms with Gasteiger partial charge in [-0.1, -0.05) is 0 Å². The SMILES string of the molecule is COC[C@@H]1CN(C(=O)C2(C)COC2)CC(C)(C)O1. The summed E-state index contributed by atoms with van der Waals surface area (Å²) in [5.74, 6) is 0.172. The second-order valence-electron chi connectivity index (χ2n) is 6.19. The van der Waals surface area contributed by atoms with Gasteiger partial charge in [0, 0.05) is 20.2 Å². The minimum absolute atomic E-state index is 0.0488. The van der Waals surface area contributed by atoms with Gasteiger partial charge < -0.3 is 19.1 Å². The standard InChI is InChI=1S/C13H23NO4/c1-12(2)7-14(5-10(18-12)6-16-4)11(15)13(3)8-17-9-13/h10H,5-9H2,1-4H3/t10-/m0/s1. The van der Waals surface area contributed by atoms with Gasteiger partial charge in [0.1, 0.15) is 0 Å². The van der Waals surface area contributed by atoms with Gasteiger partial charge in [0.05, 0.1) is 36.9 Å². The Morgan fingerprint density at radius 3 is 2.56 bits per heavy atom. The zero-order chi connectivity index (χ0) is 13.4. The highest BCUT2D eigenvalue weighted by Gasteiger charge is 2.46. The van der Waals surface area contributed by atoms with Gasteiger partial charge in [-0.05, 0) is 20.8 Å². The van der Waals surface area contributed by atoms with Crippen molar-refractivity contribution in [2.75, 3.05) is 40.0 Å². The Labute approximate surface area is 108 Å². The van der Waals surface area contributed by atoms with Gasteiger partial charge in [0.25, 0.3) is 0 Å². The molecule has 2 saturated heterocycles. The van der Waals surface area contributed by atoms with E-state index in [0.29, 0.717) is 32.9 Å². The molecular weight excluding hydrogens is 234 g/mol. The molecule has 0 aromatic heterocycles. The Bertz CT molecular complexity index is 325. The lowest BCUT2D eigenvalue weighted by molar-refractivity contribution is -0.192. The van der Waals surface area contributed by atoms with Crippen molar-refractivity contribution in [3.63, 3.8) is 0 Å². The fourth-order valence-electron chi connectivity index (χ4n) is 2.64. The summed E-state index contributed by atoms with van der Waals surface area (Å²) >= 11 is 0. The summed E-state index contributed by atoms with van der Waals surface area (Å²) in [6.07, 6.45) is -0.0488. The highest BCUT2D eigenvalue weighted by Crippen LogP contribution is 2.32. The molecule has 1 amide bonds. The summed E-state index contributed by atoms with van der Waals surface area (Å²) in [6.45, 7) is 8.78. The second kappa shape index (κ2) is 4.79. The molecule has 2 fully saturated rings. The maximum absolute atomic E-state index is 12.5. The molecule has 0 unspecified atom stereocenters. The average molecular weight is 257 g/mol. The summed E-state index contributed by atoms with van der Waals surface area (Å²) in [5, 5.41) is 0. The molecule has 0 spiro atoms. The van der Waals surface area contributed by atoms with Gasteiger partial charge in [0.2, 0.25) is 5.91 Å². The Morgan fingerprint density at radius 2 is 2.06 bits per heavy atom. The first-order valence-corrected chi connectivity index (χ1v) is 6.40. The third-order valence-electron chi connectivity index (χ3n) is 3.48. The number of carbonyl (C=O) groups excluding carboxylic acids is 1. The smallest absolute Gasteiger partial charge is 0.233 e. The highest BCUT2D eigenvalue weighted by atomic mass is 16.5. The predicted molar refractivity (Wildman–Crippen MR) is 66.3 cm³/mol. The van der Waals surface area contributed by atoms with Crippen LogP contribution in [0.5, 0.6) is 0 Å². The number of hydrogen-bond acceptors (Lipinski definition) is 4. The van der Waals surface area contributed by atoms with Crippen LogP contribution >= 0.6 is 0 Å². The lowest BCUT2D eigenvalue weighted by Gasteiger charge is -2.47. The summed E-state index contributed by atoms with van der Waals surface area (Å²) in [7, 11) is 1.65. The quantitative estimate of drug-likeness (QED) is 0.746. The number of morpholine rings is 1. The molecule has 5 nitrogen and oxygen atoms in total. The topological polar surface area (TPSA) is 48.0 Å². The second-order valence-corrected chi connectivity index (χ2v) is 6.19. The van der Waals surface area contributed by atoms with Crippen LogP contribution in [0.1, 0.15) is 20.8 Å². The maximum Gasteiger partial charge on any atom is 0.233 e. The number of carbonyl (C=O) groups is 1. The normalized spacial score (nSPS) is 29.8. The maximum atomic E-state index is 12.5. The van der Waals surface area contributed by atoms with Gasteiger partial charge in [-0.3, -0.25) is 4.79 Å². The zero-order valence-electron chi connectivity index (χ0n) is 11.7. The average Bonchev–Trinajstić information content (AvgIpc) is 2.23. The lowest BCUT2D eigenvalue weighted by atomic mass is 9.86. The molecule has 0 aliphatic carbocycles. The number of ether oxygens (including phenoxy) is 3. The minimum Gasteiger partial charge on any atom is -0.382 e. The van der Waals surface area contributed by atoms with Crippen LogP contribution in [0, 0.1) is 5.41 Å². The molecule has 0 bridgehead atoms. The first kappa shape index (κ1) is 13.8. The largest absolute Gasteiger partial charge is 0.382 e. The van der Waals surface area contributed by atoms with Crippen LogP contribution < -0.4 is 0 Å². The van der Waals surface area contributed by atoms with E-state index < -0.39 is 0 Å². The molecule has 2 rings (SSSR count). The van der Waals surface area contributed by atoms with E-state index in [1.54, 1.807) is 7.11 Å². The van der Waals surface area contributed by atoms with Gasteiger partial charge in [-0.15, -0.1) is 0 Å². The highest BCUT2D eigenvalue weighted by molar-refractivity contribution is 5.83. The monoisotopic (exact) mass is 257 g/mol. The van der Waals surface area contributed by atoms with E-state index in [4.69, 9.17) is 14.2 Å². The van der Waals surface area contributed by atoms with E-state index in [-0.39, 0.29) is 23.0 Å². The minimum atomic E-state index is -0.342. The van der Waals surface area contributed by atoms with E-state index in [2.05, 4.69) is 0 Å². The third-order valence-corrected chi connectivity index (χ3v) is 3.48. The van der Waals surface area contributed by atoms with Crippen LogP contribution in [-0.4, -0.2) is 62.5 Å². The molecule has 0 N–H and O–H groups in total. The van der Waals surface area contributed by atoms with Crippen LogP contribution in [0.15, 0.2) is 0 Å². The predicted octanol–water partition coefficient (Wildman–Crippen LogP) is 0.675. The summed E-state index contributed by atoms with van der Waals surface area (Å²) < 4.78 is 16.2. The van der Waals surface area contributed by atoms with Gasteiger partial charge in [0.15, 0.2) is 0 Å². The van der Waals surface area contributed by atoms with Crippen molar-refractivity contribution in [2.45, 2.75) is 32.5 Å². The van der Waals surface area contributed by atoms with Crippen molar-refractivity contribution in [3.05, 3.63) is 0 Å². The molecule has 1 atom stereocenters. The molecular formula is C13H23NO4. The van der Waals surface area contributed by atoms with Crippen LogP contribution in [0.4, 0.5) is 0 Å². The van der Waals surface area contributed by atoms with Gasteiger partial charge >= 0.3 is 0 Å². The van der Waals surface area contributed by atoms with Crippen molar-refractivity contribution in [2.24, 2.45) is 5.41 Å². The van der Waals surface area contributed by atoms with Crippen LogP contribution in [0.2, 0.25) is 0 Å². The number of nitrogens with zero attached hydrogens (tertiary/aromatic N) is 1. The fourth-order valence-corrected chi connectivity index (χ4v) is 2.64. The molecule has 2 heterocycles. The number of methoxy groups -OCH3 is 1. The van der Waals surface area contributed by atoms with Crippen molar-refractivity contribution in [1.29, 1.82) is 0 Å². The van der Waals surface area contributed by atoms with Crippen LogP contribution in [-0.2, 0) is 19.0 Å². The first-order valence-electron chi connectivity index (χ1n) is 6.40. The Hall–Kier alpha value is -0.650. The van der Waals surface area contributed by atoms with E-state index in [1.807, 2.05) is 25.7 Å². The van der Waals surface area contributed by atoms with Crippen molar-refractivity contribution >= 4 is 5.91 Å². The molecule has 0 saturated carbocycles. The molecule has 0 aromatic rings. The van der Waals surface area contributed by atoms with Gasteiger partial charge in [-0.25, -0.2) is 0 Å². The van der Waals surface area contributed by atoms with E-state index in [0.717, 1.165) is 0 Å².